The Morgan fingerprint density at radius 1 is 1.29 bits per heavy atom. The third kappa shape index (κ3) is 3.28. The number of hydrogen-bond acceptors (Lipinski definition) is 4. The van der Waals surface area contributed by atoms with Gasteiger partial charge in [0.15, 0.2) is 5.13 Å². The van der Waals surface area contributed by atoms with Gasteiger partial charge in [-0.25, -0.2) is 4.98 Å². The zero-order valence-corrected chi connectivity index (χ0v) is 12.0. The Balaban J connectivity index is 1.90. The molecule has 1 aliphatic carbocycles. The number of carbonyl (C=O) groups excluding carboxylic acids is 1. The number of rotatable bonds is 5. The van der Waals surface area contributed by atoms with Crippen molar-refractivity contribution < 1.29 is 14.7 Å². The minimum Gasteiger partial charge on any atom is -0.481 e. The molecule has 0 bridgehead atoms. The van der Waals surface area contributed by atoms with Crippen molar-refractivity contribution in [3.05, 3.63) is 35.2 Å². The van der Waals surface area contributed by atoms with E-state index in [9.17, 15) is 9.59 Å². The topological polar surface area (TPSA) is 79.3 Å². The average molecular weight is 302 g/mol. The Kier molecular flexibility index (Phi) is 3.70. The first-order valence-corrected chi connectivity index (χ1v) is 7.53. The van der Waals surface area contributed by atoms with Crippen LogP contribution in [0.4, 0.5) is 5.13 Å². The summed E-state index contributed by atoms with van der Waals surface area (Å²) in [6, 6.07) is 9.41. The maximum atomic E-state index is 11.8. The number of amides is 1. The van der Waals surface area contributed by atoms with Crippen LogP contribution in [-0.2, 0) is 16.0 Å². The largest absolute Gasteiger partial charge is 0.481 e. The van der Waals surface area contributed by atoms with Crippen molar-refractivity contribution in [2.24, 2.45) is 5.92 Å². The number of benzene rings is 1. The number of nitrogens with one attached hydrogen (secondary N) is 1. The standard InChI is InChI=1S/C15H14N2O3S/c18-12(19)8-11-13(9-4-2-1-3-5-9)16-15(21-11)17-14(20)10-6-7-10/h1-5,10H,6-8H2,(H,18,19)(H,16,17,20). The van der Waals surface area contributed by atoms with E-state index in [-0.39, 0.29) is 18.2 Å². The van der Waals surface area contributed by atoms with Gasteiger partial charge in [0.25, 0.3) is 0 Å². The molecule has 1 fully saturated rings. The lowest BCUT2D eigenvalue weighted by atomic mass is 10.1. The molecule has 0 unspecified atom stereocenters. The van der Waals surface area contributed by atoms with Gasteiger partial charge in [-0.2, -0.15) is 0 Å². The molecule has 1 aromatic carbocycles. The zero-order chi connectivity index (χ0) is 14.8. The molecule has 0 radical (unpaired) electrons. The van der Waals surface area contributed by atoms with E-state index in [1.807, 2.05) is 30.3 Å². The Morgan fingerprint density at radius 3 is 2.62 bits per heavy atom. The van der Waals surface area contributed by atoms with Crippen molar-refractivity contribution >= 4 is 28.3 Å². The van der Waals surface area contributed by atoms with Crippen LogP contribution >= 0.6 is 11.3 Å². The summed E-state index contributed by atoms with van der Waals surface area (Å²) in [6.45, 7) is 0. The van der Waals surface area contributed by atoms with E-state index < -0.39 is 5.97 Å². The Morgan fingerprint density at radius 2 is 2.00 bits per heavy atom. The molecule has 2 aromatic rings. The van der Waals surface area contributed by atoms with Crippen molar-refractivity contribution in [1.29, 1.82) is 0 Å². The van der Waals surface area contributed by atoms with E-state index >= 15 is 0 Å². The molecule has 2 N–H and O–H groups in total. The predicted molar refractivity (Wildman–Crippen MR) is 80.2 cm³/mol. The number of thiazole rings is 1. The summed E-state index contributed by atoms with van der Waals surface area (Å²) in [7, 11) is 0. The SMILES string of the molecule is O=C(O)Cc1sc(NC(=O)C2CC2)nc1-c1ccccc1. The van der Waals surface area contributed by atoms with Gasteiger partial charge in [0.05, 0.1) is 12.1 Å². The number of aromatic nitrogens is 1. The summed E-state index contributed by atoms with van der Waals surface area (Å²) in [6.07, 6.45) is 1.75. The molecular formula is C15H14N2O3S. The van der Waals surface area contributed by atoms with Gasteiger partial charge in [0.1, 0.15) is 0 Å². The van der Waals surface area contributed by atoms with Crippen molar-refractivity contribution in [3.8, 4) is 11.3 Å². The normalized spacial score (nSPS) is 13.9. The third-order valence-electron chi connectivity index (χ3n) is 3.23. The van der Waals surface area contributed by atoms with Crippen LogP contribution in [0.1, 0.15) is 17.7 Å². The highest BCUT2D eigenvalue weighted by Crippen LogP contribution is 2.34. The number of carboxylic acids is 1. The lowest BCUT2D eigenvalue weighted by molar-refractivity contribution is -0.136. The third-order valence-corrected chi connectivity index (χ3v) is 4.21. The van der Waals surface area contributed by atoms with Crippen LogP contribution < -0.4 is 5.32 Å². The highest BCUT2D eigenvalue weighted by Gasteiger charge is 2.30. The maximum absolute atomic E-state index is 11.8. The van der Waals surface area contributed by atoms with Crippen LogP contribution in [0.15, 0.2) is 30.3 Å². The molecule has 0 aliphatic heterocycles. The van der Waals surface area contributed by atoms with Crippen LogP contribution in [0.5, 0.6) is 0 Å². The molecule has 21 heavy (non-hydrogen) atoms. The highest BCUT2D eigenvalue weighted by atomic mass is 32.1. The first-order chi connectivity index (χ1) is 10.1. The highest BCUT2D eigenvalue weighted by molar-refractivity contribution is 7.16. The van der Waals surface area contributed by atoms with Gasteiger partial charge in [0.2, 0.25) is 5.91 Å². The Labute approximate surface area is 125 Å². The summed E-state index contributed by atoms with van der Waals surface area (Å²) in [4.78, 5) is 27.8. The smallest absolute Gasteiger partial charge is 0.308 e. The van der Waals surface area contributed by atoms with E-state index in [0.717, 1.165) is 18.4 Å². The second kappa shape index (κ2) is 5.65. The number of hydrogen-bond donors (Lipinski definition) is 2. The number of nitrogens with zero attached hydrogens (tertiary/aromatic N) is 1. The fourth-order valence-electron chi connectivity index (χ4n) is 2.04. The second-order valence-electron chi connectivity index (χ2n) is 4.99. The number of aliphatic carboxylic acids is 1. The first kappa shape index (κ1) is 13.8. The number of carboxylic acid groups (broad SMARTS) is 1. The molecule has 6 heteroatoms. The van der Waals surface area contributed by atoms with E-state index in [1.54, 1.807) is 0 Å². The van der Waals surface area contributed by atoms with Crippen molar-refractivity contribution in [2.75, 3.05) is 5.32 Å². The van der Waals surface area contributed by atoms with Crippen LogP contribution in [0, 0.1) is 5.92 Å². The molecule has 1 heterocycles. The minimum absolute atomic E-state index is 0.0229. The van der Waals surface area contributed by atoms with Crippen molar-refractivity contribution in [2.45, 2.75) is 19.3 Å². The van der Waals surface area contributed by atoms with E-state index in [4.69, 9.17) is 5.11 Å². The van der Waals surface area contributed by atoms with Crippen LogP contribution in [0.2, 0.25) is 0 Å². The minimum atomic E-state index is -0.907. The van der Waals surface area contributed by atoms with Crippen molar-refractivity contribution in [1.82, 2.24) is 4.98 Å². The average Bonchev–Trinajstić information content (AvgIpc) is 3.23. The summed E-state index contributed by atoms with van der Waals surface area (Å²) in [5.74, 6) is -0.835. The molecule has 0 atom stereocenters. The molecule has 3 rings (SSSR count). The quantitative estimate of drug-likeness (QED) is 0.890. The lowest BCUT2D eigenvalue weighted by Gasteiger charge is -1.99. The molecule has 5 nitrogen and oxygen atoms in total. The van der Waals surface area contributed by atoms with Gasteiger partial charge >= 0.3 is 5.97 Å². The Hall–Kier alpha value is -2.21. The number of carbonyl (C=O) groups is 2. The fraction of sp³-hybridized carbons (Fsp3) is 0.267. The molecule has 1 saturated carbocycles. The van der Waals surface area contributed by atoms with Crippen LogP contribution in [0.3, 0.4) is 0 Å². The molecular weight excluding hydrogens is 288 g/mol. The van der Waals surface area contributed by atoms with Gasteiger partial charge in [0, 0.05) is 16.4 Å². The summed E-state index contributed by atoms with van der Waals surface area (Å²) in [5.41, 5.74) is 1.49. The summed E-state index contributed by atoms with van der Waals surface area (Å²) >= 11 is 1.23. The van der Waals surface area contributed by atoms with Gasteiger partial charge in [-0.3, -0.25) is 9.59 Å². The summed E-state index contributed by atoms with van der Waals surface area (Å²) < 4.78 is 0. The number of anilines is 1. The second-order valence-corrected chi connectivity index (χ2v) is 6.07. The predicted octanol–water partition coefficient (Wildman–Crippen LogP) is 2.79. The van der Waals surface area contributed by atoms with Gasteiger partial charge in [-0.15, -0.1) is 11.3 Å². The Bertz CT molecular complexity index is 677. The van der Waals surface area contributed by atoms with Crippen LogP contribution in [0.25, 0.3) is 11.3 Å². The molecule has 0 saturated heterocycles. The molecule has 1 aromatic heterocycles. The molecule has 0 spiro atoms. The van der Waals surface area contributed by atoms with E-state index in [0.29, 0.717) is 15.7 Å². The molecule has 1 aliphatic rings. The van der Waals surface area contributed by atoms with Crippen molar-refractivity contribution in [3.63, 3.8) is 0 Å². The van der Waals surface area contributed by atoms with Gasteiger partial charge < -0.3 is 10.4 Å². The zero-order valence-electron chi connectivity index (χ0n) is 11.2. The fourth-order valence-corrected chi connectivity index (χ4v) is 3.01. The van der Waals surface area contributed by atoms with Gasteiger partial charge in [-0.1, -0.05) is 30.3 Å². The van der Waals surface area contributed by atoms with Crippen LogP contribution in [-0.4, -0.2) is 22.0 Å². The van der Waals surface area contributed by atoms with E-state index in [2.05, 4.69) is 10.3 Å². The molecule has 1 amide bonds. The maximum Gasteiger partial charge on any atom is 0.308 e. The monoisotopic (exact) mass is 302 g/mol. The van der Waals surface area contributed by atoms with E-state index in [1.165, 1.54) is 11.3 Å². The molecule has 108 valence electrons. The lowest BCUT2D eigenvalue weighted by Crippen LogP contribution is -2.12. The van der Waals surface area contributed by atoms with Gasteiger partial charge in [-0.05, 0) is 12.8 Å². The summed E-state index contributed by atoms with van der Waals surface area (Å²) in [5, 5.41) is 12.3. The first-order valence-electron chi connectivity index (χ1n) is 6.71.